The number of anilines is 1. The second-order valence-corrected chi connectivity index (χ2v) is 7.52. The van der Waals surface area contributed by atoms with E-state index in [2.05, 4.69) is 10.6 Å². The fourth-order valence-electron chi connectivity index (χ4n) is 3.99. The molecule has 2 amide bonds. The van der Waals surface area contributed by atoms with E-state index in [4.69, 9.17) is 9.84 Å². The van der Waals surface area contributed by atoms with Crippen LogP contribution in [0, 0.1) is 5.82 Å². The van der Waals surface area contributed by atoms with Gasteiger partial charge in [0.05, 0.1) is 5.69 Å². The summed E-state index contributed by atoms with van der Waals surface area (Å²) in [6.07, 6.45) is -0.804. The van der Waals surface area contributed by atoms with Gasteiger partial charge in [0, 0.05) is 18.9 Å². The van der Waals surface area contributed by atoms with Crippen LogP contribution in [0.5, 0.6) is 0 Å². The second kappa shape index (κ2) is 9.52. The molecule has 0 bridgehead atoms. The maximum Gasteiger partial charge on any atom is 0.407 e. The molecule has 0 fully saturated rings. The molecular formula is C25H21FN2O5. The average molecular weight is 448 g/mol. The Morgan fingerprint density at radius 3 is 2.18 bits per heavy atom. The highest BCUT2D eigenvalue weighted by Crippen LogP contribution is 2.44. The normalized spacial score (nSPS) is 11.9. The molecule has 4 rings (SSSR count). The van der Waals surface area contributed by atoms with Crippen molar-refractivity contribution in [3.63, 3.8) is 0 Å². The van der Waals surface area contributed by atoms with Crippen LogP contribution in [0.15, 0.2) is 66.7 Å². The standard InChI is InChI=1S/C25H21FN2O5/c26-20-10-5-11-21(23(20)24(30)31)28-22(29)12-13-27-25(32)33-14-19-17-8-3-1-6-15(17)16-7-2-4-9-18(16)19/h1-11,19H,12-14H2,(H,27,32)(H,28,29)(H,30,31). The summed E-state index contributed by atoms with van der Waals surface area (Å²) in [5, 5.41) is 14.0. The Morgan fingerprint density at radius 2 is 1.55 bits per heavy atom. The maximum atomic E-state index is 13.7. The quantitative estimate of drug-likeness (QED) is 0.497. The molecule has 1 aliphatic carbocycles. The third-order valence-corrected chi connectivity index (χ3v) is 5.47. The number of carboxylic acids is 1. The number of fused-ring (bicyclic) bond motifs is 3. The first kappa shape index (κ1) is 22.0. The van der Waals surface area contributed by atoms with Gasteiger partial charge in [0.25, 0.3) is 0 Å². The lowest BCUT2D eigenvalue weighted by molar-refractivity contribution is -0.116. The van der Waals surface area contributed by atoms with E-state index in [1.807, 2.05) is 48.5 Å². The van der Waals surface area contributed by atoms with Crippen LogP contribution >= 0.6 is 0 Å². The van der Waals surface area contributed by atoms with Crippen LogP contribution in [0.25, 0.3) is 11.1 Å². The number of carbonyl (C=O) groups excluding carboxylic acids is 2. The van der Waals surface area contributed by atoms with Gasteiger partial charge in [-0.1, -0.05) is 54.6 Å². The number of nitrogens with one attached hydrogen (secondary N) is 2. The topological polar surface area (TPSA) is 105 Å². The van der Waals surface area contributed by atoms with Crippen molar-refractivity contribution in [2.24, 2.45) is 0 Å². The molecule has 1 aliphatic rings. The van der Waals surface area contributed by atoms with Crippen molar-refractivity contribution in [3.05, 3.63) is 89.2 Å². The molecule has 0 aliphatic heterocycles. The van der Waals surface area contributed by atoms with E-state index in [1.165, 1.54) is 12.1 Å². The summed E-state index contributed by atoms with van der Waals surface area (Å²) in [6, 6.07) is 19.6. The van der Waals surface area contributed by atoms with E-state index in [1.54, 1.807) is 0 Å². The Kier molecular flexibility index (Phi) is 6.35. The average Bonchev–Trinajstić information content (AvgIpc) is 3.11. The molecule has 8 heteroatoms. The number of carbonyl (C=O) groups is 3. The summed E-state index contributed by atoms with van der Waals surface area (Å²) >= 11 is 0. The van der Waals surface area contributed by atoms with Gasteiger partial charge < -0.3 is 20.5 Å². The number of rotatable bonds is 7. The summed E-state index contributed by atoms with van der Waals surface area (Å²) in [5.74, 6) is -3.08. The number of alkyl carbamates (subject to hydrolysis) is 1. The van der Waals surface area contributed by atoms with Gasteiger partial charge in [-0.25, -0.2) is 14.0 Å². The molecule has 0 heterocycles. The van der Waals surface area contributed by atoms with Crippen LogP contribution in [0.3, 0.4) is 0 Å². The predicted molar refractivity (Wildman–Crippen MR) is 120 cm³/mol. The Bertz CT molecular complexity index is 1180. The highest BCUT2D eigenvalue weighted by Gasteiger charge is 2.29. The number of halogens is 1. The molecule has 3 N–H and O–H groups in total. The van der Waals surface area contributed by atoms with Crippen LogP contribution < -0.4 is 10.6 Å². The molecule has 0 spiro atoms. The lowest BCUT2D eigenvalue weighted by Gasteiger charge is -2.14. The molecule has 0 aromatic heterocycles. The van der Waals surface area contributed by atoms with E-state index < -0.39 is 29.4 Å². The Hall–Kier alpha value is -4.20. The smallest absolute Gasteiger partial charge is 0.407 e. The lowest BCUT2D eigenvalue weighted by Crippen LogP contribution is -2.29. The third-order valence-electron chi connectivity index (χ3n) is 5.47. The molecule has 0 saturated heterocycles. The number of amides is 2. The fourth-order valence-corrected chi connectivity index (χ4v) is 3.99. The van der Waals surface area contributed by atoms with E-state index in [9.17, 15) is 18.8 Å². The lowest BCUT2D eigenvalue weighted by atomic mass is 9.98. The summed E-state index contributed by atoms with van der Waals surface area (Å²) < 4.78 is 19.1. The zero-order valence-electron chi connectivity index (χ0n) is 17.5. The van der Waals surface area contributed by atoms with Gasteiger partial charge in [-0.15, -0.1) is 0 Å². The van der Waals surface area contributed by atoms with E-state index >= 15 is 0 Å². The van der Waals surface area contributed by atoms with E-state index in [0.717, 1.165) is 28.3 Å². The van der Waals surface area contributed by atoms with Crippen molar-refractivity contribution in [2.75, 3.05) is 18.5 Å². The molecule has 0 saturated carbocycles. The van der Waals surface area contributed by atoms with Crippen LogP contribution in [0.2, 0.25) is 0 Å². The van der Waals surface area contributed by atoms with Gasteiger partial charge in [0.15, 0.2) is 0 Å². The van der Waals surface area contributed by atoms with Crippen LogP contribution in [-0.2, 0) is 9.53 Å². The minimum atomic E-state index is -1.49. The van der Waals surface area contributed by atoms with E-state index in [-0.39, 0.29) is 31.2 Å². The Balaban J connectivity index is 1.29. The van der Waals surface area contributed by atoms with Gasteiger partial charge in [0.1, 0.15) is 18.0 Å². The van der Waals surface area contributed by atoms with Gasteiger partial charge >= 0.3 is 12.1 Å². The second-order valence-electron chi connectivity index (χ2n) is 7.52. The van der Waals surface area contributed by atoms with Gasteiger partial charge in [-0.3, -0.25) is 4.79 Å². The molecule has 0 radical (unpaired) electrons. The molecule has 3 aromatic carbocycles. The zero-order valence-corrected chi connectivity index (χ0v) is 17.5. The van der Waals surface area contributed by atoms with Crippen molar-refractivity contribution >= 4 is 23.7 Å². The molecule has 168 valence electrons. The number of carboxylic acid groups (broad SMARTS) is 1. The first-order chi connectivity index (χ1) is 16.0. The third kappa shape index (κ3) is 4.69. The number of hydrogen-bond acceptors (Lipinski definition) is 4. The summed E-state index contributed by atoms with van der Waals surface area (Å²) in [5.41, 5.74) is 3.67. The number of hydrogen-bond donors (Lipinski definition) is 3. The van der Waals surface area contributed by atoms with Crippen molar-refractivity contribution < 1.29 is 28.6 Å². The SMILES string of the molecule is O=C(CCNC(=O)OCC1c2ccccc2-c2ccccc21)Nc1cccc(F)c1C(=O)O. The number of aromatic carboxylic acids is 1. The van der Waals surface area contributed by atoms with Crippen molar-refractivity contribution in [1.82, 2.24) is 5.32 Å². The molecular weight excluding hydrogens is 427 g/mol. The monoisotopic (exact) mass is 448 g/mol. The van der Waals surface area contributed by atoms with Gasteiger partial charge in [-0.05, 0) is 34.4 Å². The Labute approximate surface area is 189 Å². The van der Waals surface area contributed by atoms with Gasteiger partial charge in [-0.2, -0.15) is 0 Å². The first-order valence-electron chi connectivity index (χ1n) is 10.4. The molecule has 0 unspecified atom stereocenters. The van der Waals surface area contributed by atoms with Crippen LogP contribution in [0.4, 0.5) is 14.9 Å². The van der Waals surface area contributed by atoms with Crippen LogP contribution in [-0.4, -0.2) is 36.2 Å². The molecule has 7 nitrogen and oxygen atoms in total. The maximum absolute atomic E-state index is 13.7. The molecule has 3 aromatic rings. The fraction of sp³-hybridized carbons (Fsp3) is 0.160. The van der Waals surface area contributed by atoms with Crippen molar-refractivity contribution in [1.29, 1.82) is 0 Å². The molecule has 0 atom stereocenters. The van der Waals surface area contributed by atoms with Crippen LogP contribution in [0.1, 0.15) is 33.8 Å². The number of benzene rings is 3. The summed E-state index contributed by atoms with van der Waals surface area (Å²) in [6.45, 7) is 0.123. The number of ether oxygens (including phenoxy) is 1. The summed E-state index contributed by atoms with van der Waals surface area (Å²) in [4.78, 5) is 35.5. The molecule has 33 heavy (non-hydrogen) atoms. The highest BCUT2D eigenvalue weighted by atomic mass is 19.1. The Morgan fingerprint density at radius 1 is 0.909 bits per heavy atom. The largest absolute Gasteiger partial charge is 0.478 e. The minimum Gasteiger partial charge on any atom is -0.478 e. The van der Waals surface area contributed by atoms with Crippen molar-refractivity contribution in [3.8, 4) is 11.1 Å². The zero-order chi connectivity index (χ0) is 23.4. The van der Waals surface area contributed by atoms with Gasteiger partial charge in [0.2, 0.25) is 5.91 Å². The van der Waals surface area contributed by atoms with E-state index in [0.29, 0.717) is 0 Å². The first-order valence-corrected chi connectivity index (χ1v) is 10.4. The predicted octanol–water partition coefficient (Wildman–Crippen LogP) is 4.39. The van der Waals surface area contributed by atoms with Crippen molar-refractivity contribution in [2.45, 2.75) is 12.3 Å². The summed E-state index contributed by atoms with van der Waals surface area (Å²) in [7, 11) is 0. The highest BCUT2D eigenvalue weighted by molar-refractivity contribution is 6.00. The minimum absolute atomic E-state index is 0.0276.